The monoisotopic (exact) mass is 268 g/mol. The molecule has 0 saturated heterocycles. The minimum atomic E-state index is -3.22. The predicted molar refractivity (Wildman–Crippen MR) is 60.1 cm³/mol. The highest BCUT2D eigenvalue weighted by molar-refractivity contribution is 7.89. The first-order chi connectivity index (χ1) is 7.57. The van der Waals surface area contributed by atoms with Crippen molar-refractivity contribution in [2.24, 2.45) is 0 Å². The molecule has 1 aromatic rings. The SMILES string of the molecule is CNS(=O)(=O)CCNc1nnc(CCCl)o1. The number of sulfonamides is 1. The van der Waals surface area contributed by atoms with E-state index in [9.17, 15) is 8.42 Å². The van der Waals surface area contributed by atoms with Gasteiger partial charge < -0.3 is 9.73 Å². The molecule has 0 aliphatic carbocycles. The third-order valence-electron chi connectivity index (χ3n) is 1.73. The summed E-state index contributed by atoms with van der Waals surface area (Å²) in [5, 5.41) is 10.1. The van der Waals surface area contributed by atoms with E-state index in [4.69, 9.17) is 16.0 Å². The van der Waals surface area contributed by atoms with E-state index in [2.05, 4.69) is 20.2 Å². The average molecular weight is 269 g/mol. The van der Waals surface area contributed by atoms with Crippen molar-refractivity contribution in [3.8, 4) is 0 Å². The van der Waals surface area contributed by atoms with Crippen molar-refractivity contribution in [2.75, 3.05) is 30.5 Å². The van der Waals surface area contributed by atoms with Crippen LogP contribution in [0, 0.1) is 0 Å². The molecule has 0 saturated carbocycles. The second kappa shape index (κ2) is 6.02. The molecule has 0 aliphatic heterocycles. The number of rotatable bonds is 7. The van der Waals surface area contributed by atoms with Crippen molar-refractivity contribution in [1.82, 2.24) is 14.9 Å². The van der Waals surface area contributed by atoms with Crippen molar-refractivity contribution in [1.29, 1.82) is 0 Å². The molecule has 0 fully saturated rings. The van der Waals surface area contributed by atoms with E-state index in [1.807, 2.05) is 0 Å². The van der Waals surface area contributed by atoms with Gasteiger partial charge >= 0.3 is 6.01 Å². The highest BCUT2D eigenvalue weighted by Crippen LogP contribution is 2.05. The number of aryl methyl sites for hydroxylation is 1. The first-order valence-electron chi connectivity index (χ1n) is 4.61. The Balaban J connectivity index is 2.37. The summed E-state index contributed by atoms with van der Waals surface area (Å²) in [4.78, 5) is 0. The summed E-state index contributed by atoms with van der Waals surface area (Å²) < 4.78 is 29.5. The molecular weight excluding hydrogens is 256 g/mol. The van der Waals surface area contributed by atoms with Gasteiger partial charge in [-0.3, -0.25) is 0 Å². The molecule has 1 aromatic heterocycles. The Hall–Kier alpha value is -0.860. The molecule has 9 heteroatoms. The summed E-state index contributed by atoms with van der Waals surface area (Å²) in [7, 11) is -1.85. The molecule has 2 N–H and O–H groups in total. The quantitative estimate of drug-likeness (QED) is 0.666. The van der Waals surface area contributed by atoms with E-state index >= 15 is 0 Å². The Labute approximate surface area is 98.6 Å². The maximum Gasteiger partial charge on any atom is 0.315 e. The van der Waals surface area contributed by atoms with E-state index in [0.29, 0.717) is 18.2 Å². The fourth-order valence-electron chi connectivity index (χ4n) is 0.901. The van der Waals surface area contributed by atoms with E-state index in [1.165, 1.54) is 7.05 Å². The number of hydrogen-bond donors (Lipinski definition) is 2. The lowest BCUT2D eigenvalue weighted by Crippen LogP contribution is -2.26. The van der Waals surface area contributed by atoms with E-state index in [1.54, 1.807) is 0 Å². The number of halogens is 1. The van der Waals surface area contributed by atoms with Crippen molar-refractivity contribution < 1.29 is 12.8 Å². The predicted octanol–water partition coefficient (Wildman–Crippen LogP) is -0.188. The molecule has 0 radical (unpaired) electrons. The number of hydrogen-bond acceptors (Lipinski definition) is 6. The summed E-state index contributed by atoms with van der Waals surface area (Å²) in [5.74, 6) is 0.765. The fraction of sp³-hybridized carbons (Fsp3) is 0.714. The highest BCUT2D eigenvalue weighted by Gasteiger charge is 2.08. The zero-order valence-electron chi connectivity index (χ0n) is 8.73. The average Bonchev–Trinajstić information content (AvgIpc) is 2.66. The van der Waals surface area contributed by atoms with Gasteiger partial charge in [0, 0.05) is 18.8 Å². The summed E-state index contributed by atoms with van der Waals surface area (Å²) in [6.07, 6.45) is 0.491. The topological polar surface area (TPSA) is 97.1 Å². The van der Waals surface area contributed by atoms with Crippen LogP contribution in [0.15, 0.2) is 4.42 Å². The van der Waals surface area contributed by atoms with E-state index in [0.717, 1.165) is 0 Å². The number of nitrogens with zero attached hydrogens (tertiary/aromatic N) is 2. The molecule has 0 amide bonds. The largest absolute Gasteiger partial charge is 0.408 e. The lowest BCUT2D eigenvalue weighted by molar-refractivity contribution is 0.513. The molecule has 0 spiro atoms. The van der Waals surface area contributed by atoms with Gasteiger partial charge in [-0.05, 0) is 7.05 Å². The Bertz CT molecular complexity index is 419. The minimum Gasteiger partial charge on any atom is -0.408 e. The Kier molecular flexibility index (Phi) is 4.97. The molecule has 7 nitrogen and oxygen atoms in total. The van der Waals surface area contributed by atoms with Gasteiger partial charge in [-0.1, -0.05) is 5.10 Å². The van der Waals surface area contributed by atoms with Crippen molar-refractivity contribution >= 4 is 27.6 Å². The van der Waals surface area contributed by atoms with Gasteiger partial charge in [0.25, 0.3) is 0 Å². The number of nitrogens with one attached hydrogen (secondary N) is 2. The van der Waals surface area contributed by atoms with Gasteiger partial charge in [0.1, 0.15) is 0 Å². The second-order valence-electron chi connectivity index (χ2n) is 2.89. The first kappa shape index (κ1) is 13.2. The van der Waals surface area contributed by atoms with Crippen molar-refractivity contribution in [3.63, 3.8) is 0 Å². The summed E-state index contributed by atoms with van der Waals surface area (Å²) in [6, 6.07) is 0.200. The highest BCUT2D eigenvalue weighted by atomic mass is 35.5. The fourth-order valence-corrected chi connectivity index (χ4v) is 1.64. The van der Waals surface area contributed by atoms with Crippen LogP contribution in [0.3, 0.4) is 0 Å². The molecule has 92 valence electrons. The van der Waals surface area contributed by atoms with Crippen LogP contribution in [0.4, 0.5) is 6.01 Å². The van der Waals surface area contributed by atoms with Crippen molar-refractivity contribution in [2.45, 2.75) is 6.42 Å². The third kappa shape index (κ3) is 4.33. The molecule has 0 aliphatic rings. The van der Waals surface area contributed by atoms with Gasteiger partial charge in [-0.25, -0.2) is 13.1 Å². The Morgan fingerprint density at radius 3 is 2.81 bits per heavy atom. The zero-order chi connectivity index (χ0) is 12.0. The normalized spacial score (nSPS) is 11.6. The Morgan fingerprint density at radius 1 is 1.44 bits per heavy atom. The number of anilines is 1. The van der Waals surface area contributed by atoms with E-state index in [-0.39, 0.29) is 18.3 Å². The van der Waals surface area contributed by atoms with Crippen LogP contribution >= 0.6 is 11.6 Å². The van der Waals surface area contributed by atoms with Gasteiger partial charge in [-0.15, -0.1) is 16.7 Å². The van der Waals surface area contributed by atoms with Crippen LogP contribution in [0.2, 0.25) is 0 Å². The van der Waals surface area contributed by atoms with Crippen LogP contribution in [0.5, 0.6) is 0 Å². The molecule has 0 bridgehead atoms. The first-order valence-corrected chi connectivity index (χ1v) is 6.79. The van der Waals surface area contributed by atoms with Gasteiger partial charge in [0.2, 0.25) is 15.9 Å². The van der Waals surface area contributed by atoms with E-state index < -0.39 is 10.0 Å². The number of aromatic nitrogens is 2. The van der Waals surface area contributed by atoms with Crippen LogP contribution in [0.1, 0.15) is 5.89 Å². The zero-order valence-corrected chi connectivity index (χ0v) is 10.3. The maximum absolute atomic E-state index is 11.1. The Morgan fingerprint density at radius 2 is 2.19 bits per heavy atom. The van der Waals surface area contributed by atoms with Gasteiger partial charge in [0.15, 0.2) is 0 Å². The second-order valence-corrected chi connectivity index (χ2v) is 5.31. The molecule has 0 unspecified atom stereocenters. The molecule has 0 atom stereocenters. The lowest BCUT2D eigenvalue weighted by Gasteiger charge is -2.01. The molecule has 1 rings (SSSR count). The van der Waals surface area contributed by atoms with Gasteiger partial charge in [0.05, 0.1) is 5.75 Å². The lowest BCUT2D eigenvalue weighted by atomic mass is 10.5. The molecule has 1 heterocycles. The van der Waals surface area contributed by atoms with Gasteiger partial charge in [-0.2, -0.15) is 0 Å². The number of alkyl halides is 1. The van der Waals surface area contributed by atoms with Crippen LogP contribution < -0.4 is 10.0 Å². The maximum atomic E-state index is 11.1. The molecular formula is C7H13ClN4O3S. The van der Waals surface area contributed by atoms with Crippen LogP contribution in [-0.4, -0.2) is 43.8 Å². The summed E-state index contributed by atoms with van der Waals surface area (Å²) in [6.45, 7) is 0.200. The standard InChI is InChI=1S/C7H13ClN4O3S/c1-9-16(13,14)5-4-10-7-12-11-6(15-7)2-3-8/h9H,2-5H2,1H3,(H,10,12). The summed E-state index contributed by atoms with van der Waals surface area (Å²) >= 11 is 5.49. The third-order valence-corrected chi connectivity index (χ3v) is 3.29. The molecule has 0 aromatic carbocycles. The molecule has 16 heavy (non-hydrogen) atoms. The van der Waals surface area contributed by atoms with Crippen LogP contribution in [0.25, 0.3) is 0 Å². The summed E-state index contributed by atoms with van der Waals surface area (Å²) in [5.41, 5.74) is 0. The smallest absolute Gasteiger partial charge is 0.315 e. The minimum absolute atomic E-state index is 0.0588. The van der Waals surface area contributed by atoms with Crippen molar-refractivity contribution in [3.05, 3.63) is 5.89 Å². The van der Waals surface area contributed by atoms with Crippen LogP contribution in [-0.2, 0) is 16.4 Å².